The molecule has 0 saturated carbocycles. The van der Waals surface area contributed by atoms with Gasteiger partial charge in [-0.05, 0) is 37.6 Å². The number of aromatic amines is 1. The highest BCUT2D eigenvalue weighted by atomic mass is 16.4. The van der Waals surface area contributed by atoms with Gasteiger partial charge in [0.05, 0.1) is 24.9 Å². The Morgan fingerprint density at radius 2 is 1.82 bits per heavy atom. The lowest BCUT2D eigenvalue weighted by atomic mass is 10.1. The van der Waals surface area contributed by atoms with Gasteiger partial charge in [-0.25, -0.2) is 9.97 Å². The first-order valence-corrected chi connectivity index (χ1v) is 11.9. The third kappa shape index (κ3) is 8.21. The fraction of sp³-hybridized carbons (Fsp3) is 0.333. The van der Waals surface area contributed by atoms with Gasteiger partial charge >= 0.3 is 5.97 Å². The second-order valence-corrected chi connectivity index (χ2v) is 8.66. The number of nitrogens with one attached hydrogen (secondary N) is 5. The lowest BCUT2D eigenvalue weighted by molar-refractivity contribution is -0.140. The van der Waals surface area contributed by atoms with Crippen molar-refractivity contribution in [3.05, 3.63) is 52.1 Å². The maximum atomic E-state index is 12.6. The molecular formula is C24H29N9O6. The van der Waals surface area contributed by atoms with Crippen molar-refractivity contribution in [1.82, 2.24) is 35.9 Å². The summed E-state index contributed by atoms with van der Waals surface area (Å²) in [4.78, 5) is 74.1. The summed E-state index contributed by atoms with van der Waals surface area (Å²) >= 11 is 0. The van der Waals surface area contributed by atoms with Gasteiger partial charge < -0.3 is 32.1 Å². The van der Waals surface area contributed by atoms with Crippen molar-refractivity contribution in [3.8, 4) is 0 Å². The van der Waals surface area contributed by atoms with E-state index in [0.29, 0.717) is 16.9 Å². The molecule has 0 radical (unpaired) electrons. The Kier molecular flexibility index (Phi) is 9.45. The number of aromatic nitrogens is 4. The Morgan fingerprint density at radius 1 is 1.10 bits per heavy atom. The van der Waals surface area contributed by atoms with Crippen molar-refractivity contribution in [2.45, 2.75) is 44.8 Å². The molecule has 0 unspecified atom stereocenters. The van der Waals surface area contributed by atoms with Gasteiger partial charge in [-0.1, -0.05) is 0 Å². The smallest absolute Gasteiger partial charge is 0.305 e. The number of carboxylic acids is 1. The topological polar surface area (TPSA) is 234 Å². The molecule has 2 atom stereocenters. The van der Waals surface area contributed by atoms with Gasteiger partial charge in [0.2, 0.25) is 17.8 Å². The first-order valence-electron chi connectivity index (χ1n) is 11.9. The van der Waals surface area contributed by atoms with Gasteiger partial charge in [-0.3, -0.25) is 29.0 Å². The number of amides is 3. The highest BCUT2D eigenvalue weighted by Gasteiger charge is 2.23. The van der Waals surface area contributed by atoms with Crippen LogP contribution in [0.2, 0.25) is 0 Å². The predicted molar refractivity (Wildman–Crippen MR) is 141 cm³/mol. The largest absolute Gasteiger partial charge is 0.481 e. The number of benzene rings is 1. The van der Waals surface area contributed by atoms with Crippen LogP contribution < -0.4 is 32.6 Å². The van der Waals surface area contributed by atoms with Gasteiger partial charge in [-0.2, -0.15) is 4.98 Å². The Morgan fingerprint density at radius 3 is 2.49 bits per heavy atom. The SMILES string of the molecule is CNC(=O)[C@H](CC(=O)O)NC(=O)CC[C@@H](C)NC(=O)c1ccc(NCc2cnc3nc(N)[nH]c(=O)c3n2)cc1. The average Bonchev–Trinajstić information content (AvgIpc) is 2.90. The van der Waals surface area contributed by atoms with Crippen LogP contribution in [0, 0.1) is 0 Å². The minimum Gasteiger partial charge on any atom is -0.481 e. The number of H-pyrrole nitrogens is 1. The summed E-state index contributed by atoms with van der Waals surface area (Å²) in [6, 6.07) is 5.12. The third-order valence-corrected chi connectivity index (χ3v) is 5.57. The number of hydrogen-bond acceptors (Lipinski definition) is 10. The molecule has 3 aromatic rings. The number of fused-ring (bicyclic) bond motifs is 1. The zero-order valence-corrected chi connectivity index (χ0v) is 21.3. The molecule has 3 amide bonds. The first-order chi connectivity index (χ1) is 18.5. The number of aliphatic carboxylic acids is 1. The predicted octanol–water partition coefficient (Wildman–Crippen LogP) is -0.489. The maximum Gasteiger partial charge on any atom is 0.305 e. The van der Waals surface area contributed by atoms with Crippen molar-refractivity contribution in [3.63, 3.8) is 0 Å². The van der Waals surface area contributed by atoms with E-state index in [4.69, 9.17) is 10.8 Å². The molecule has 206 valence electrons. The third-order valence-electron chi connectivity index (χ3n) is 5.57. The van der Waals surface area contributed by atoms with Gasteiger partial charge in [0.25, 0.3) is 11.5 Å². The van der Waals surface area contributed by atoms with E-state index in [-0.39, 0.29) is 48.4 Å². The van der Waals surface area contributed by atoms with E-state index in [0.717, 1.165) is 0 Å². The number of likely N-dealkylation sites (N-methyl/N-ethyl adjacent to an activating group) is 1. The number of nitrogen functional groups attached to an aromatic ring is 1. The standard InChI is InChI=1S/C24H29N9O6/c1-12(3-8-17(34)31-16(9-18(35)36)22(38)26-2)29-21(37)13-4-6-14(7-5-13)27-10-15-11-28-20-19(30-15)23(39)33-24(25)32-20/h4-7,11-12,16,27H,3,8-10H2,1-2H3,(H,26,38)(H,29,37)(H,31,34)(H,35,36)(H3,25,28,32,33,39)/t12-,16+/m1/s1. The number of carbonyl (C=O) groups is 4. The molecule has 0 spiro atoms. The number of carboxylic acid groups (broad SMARTS) is 1. The quantitative estimate of drug-likeness (QED) is 0.155. The fourth-order valence-corrected chi connectivity index (χ4v) is 3.54. The molecule has 15 nitrogen and oxygen atoms in total. The second-order valence-electron chi connectivity index (χ2n) is 8.66. The molecule has 15 heteroatoms. The molecule has 2 aromatic heterocycles. The van der Waals surface area contributed by atoms with Crippen LogP contribution in [0.3, 0.4) is 0 Å². The molecule has 0 aliphatic carbocycles. The number of rotatable bonds is 12. The second kappa shape index (κ2) is 12.9. The van der Waals surface area contributed by atoms with E-state index in [1.807, 2.05) is 0 Å². The summed E-state index contributed by atoms with van der Waals surface area (Å²) in [6.45, 7) is 2.00. The van der Waals surface area contributed by atoms with Crippen LogP contribution in [0.25, 0.3) is 11.2 Å². The number of nitrogens with zero attached hydrogens (tertiary/aromatic N) is 3. The minimum absolute atomic E-state index is 0.00953. The van der Waals surface area contributed by atoms with Crippen LogP contribution in [0.15, 0.2) is 35.3 Å². The Labute approximate surface area is 222 Å². The number of carbonyl (C=O) groups excluding carboxylic acids is 3. The van der Waals surface area contributed by atoms with E-state index in [1.54, 1.807) is 31.2 Å². The normalized spacial score (nSPS) is 12.3. The van der Waals surface area contributed by atoms with Crippen molar-refractivity contribution in [1.29, 1.82) is 0 Å². The average molecular weight is 540 g/mol. The van der Waals surface area contributed by atoms with Crippen molar-refractivity contribution >= 4 is 46.5 Å². The summed E-state index contributed by atoms with van der Waals surface area (Å²) in [5.74, 6) is -2.69. The van der Waals surface area contributed by atoms with Crippen LogP contribution >= 0.6 is 0 Å². The molecule has 0 fully saturated rings. The van der Waals surface area contributed by atoms with Crippen LogP contribution in [-0.2, 0) is 20.9 Å². The summed E-state index contributed by atoms with van der Waals surface area (Å²) < 4.78 is 0. The van der Waals surface area contributed by atoms with E-state index in [9.17, 15) is 24.0 Å². The first kappa shape index (κ1) is 28.5. The lowest BCUT2D eigenvalue weighted by Gasteiger charge is -2.17. The molecule has 0 aliphatic rings. The molecule has 3 rings (SSSR count). The molecule has 8 N–H and O–H groups in total. The molecule has 2 heterocycles. The number of anilines is 2. The number of nitrogens with two attached hydrogens (primary N) is 1. The fourth-order valence-electron chi connectivity index (χ4n) is 3.54. The van der Waals surface area contributed by atoms with E-state index in [2.05, 4.69) is 41.2 Å². The maximum absolute atomic E-state index is 12.6. The summed E-state index contributed by atoms with van der Waals surface area (Å²) in [5.41, 5.74) is 6.86. The van der Waals surface area contributed by atoms with Gasteiger partial charge in [0.15, 0.2) is 11.2 Å². The molecule has 0 bridgehead atoms. The van der Waals surface area contributed by atoms with Gasteiger partial charge in [-0.15, -0.1) is 0 Å². The van der Waals surface area contributed by atoms with E-state index in [1.165, 1.54) is 13.2 Å². The summed E-state index contributed by atoms with van der Waals surface area (Å²) in [5, 5.41) is 19.6. The highest BCUT2D eigenvalue weighted by Crippen LogP contribution is 2.12. The van der Waals surface area contributed by atoms with Gasteiger partial charge in [0.1, 0.15) is 6.04 Å². The minimum atomic E-state index is -1.21. The molecule has 39 heavy (non-hydrogen) atoms. The van der Waals surface area contributed by atoms with Crippen molar-refractivity contribution in [2.24, 2.45) is 0 Å². The van der Waals surface area contributed by atoms with Crippen LogP contribution in [0.1, 0.15) is 42.2 Å². The number of hydrogen-bond donors (Lipinski definition) is 7. The monoisotopic (exact) mass is 539 g/mol. The Bertz CT molecular complexity index is 1420. The molecule has 0 saturated heterocycles. The summed E-state index contributed by atoms with van der Waals surface area (Å²) in [7, 11) is 1.35. The molecule has 1 aromatic carbocycles. The zero-order chi connectivity index (χ0) is 28.5. The van der Waals surface area contributed by atoms with Crippen LogP contribution in [0.5, 0.6) is 0 Å². The molecule has 0 aliphatic heterocycles. The molecular weight excluding hydrogens is 510 g/mol. The lowest BCUT2D eigenvalue weighted by Crippen LogP contribution is -2.47. The zero-order valence-electron chi connectivity index (χ0n) is 21.3. The Balaban J connectivity index is 1.48. The van der Waals surface area contributed by atoms with E-state index >= 15 is 0 Å². The van der Waals surface area contributed by atoms with Crippen LogP contribution in [-0.4, -0.2) is 67.9 Å². The van der Waals surface area contributed by atoms with Gasteiger partial charge in [0, 0.05) is 30.8 Å². The van der Waals surface area contributed by atoms with Crippen molar-refractivity contribution < 1.29 is 24.3 Å². The highest BCUT2D eigenvalue weighted by molar-refractivity contribution is 5.94. The van der Waals surface area contributed by atoms with Crippen molar-refractivity contribution in [2.75, 3.05) is 18.1 Å². The van der Waals surface area contributed by atoms with Crippen LogP contribution in [0.4, 0.5) is 11.6 Å². The Hall–Kier alpha value is -5.08. The summed E-state index contributed by atoms with van der Waals surface area (Å²) in [6.07, 6.45) is 1.22. The van der Waals surface area contributed by atoms with E-state index < -0.39 is 35.8 Å².